The summed E-state index contributed by atoms with van der Waals surface area (Å²) in [6.07, 6.45) is 6.82. The largest absolute Gasteiger partial charge is 0.466 e. The highest BCUT2D eigenvalue weighted by molar-refractivity contribution is 9.10. The third-order valence-electron chi connectivity index (χ3n) is 5.62. The fourth-order valence-corrected chi connectivity index (χ4v) is 4.14. The van der Waals surface area contributed by atoms with Crippen molar-refractivity contribution in [3.05, 3.63) is 70.2 Å². The Hall–Kier alpha value is -2.40. The van der Waals surface area contributed by atoms with Crippen LogP contribution in [0.1, 0.15) is 50.2 Å². The molecule has 0 bridgehead atoms. The fraction of sp³-hybridized carbons (Fsp3) is 0.360. The first-order chi connectivity index (χ1) is 14.5. The molecular formula is C25H28BrNO3. The Bertz CT molecular complexity index is 914. The van der Waals surface area contributed by atoms with Gasteiger partial charge in [-0.25, -0.2) is 4.79 Å². The van der Waals surface area contributed by atoms with Crippen LogP contribution in [0.25, 0.3) is 5.57 Å². The first-order valence-electron chi connectivity index (χ1n) is 10.4. The van der Waals surface area contributed by atoms with Crippen molar-refractivity contribution >= 4 is 39.1 Å². The number of nitrogens with zero attached hydrogens (tertiary/aromatic N) is 1. The molecular weight excluding hydrogens is 442 g/mol. The molecule has 5 heteroatoms. The minimum atomic E-state index is -0.386. The van der Waals surface area contributed by atoms with E-state index in [-0.39, 0.29) is 17.8 Å². The zero-order chi connectivity index (χ0) is 21.5. The number of methoxy groups -OCH3 is 1. The molecule has 158 valence electrons. The zero-order valence-electron chi connectivity index (χ0n) is 17.6. The van der Waals surface area contributed by atoms with Gasteiger partial charge in [0.15, 0.2) is 0 Å². The van der Waals surface area contributed by atoms with Gasteiger partial charge in [0.05, 0.1) is 13.7 Å². The van der Waals surface area contributed by atoms with Gasteiger partial charge in [-0.1, -0.05) is 59.5 Å². The first-order valence-corrected chi connectivity index (χ1v) is 11.2. The maximum Gasteiger partial charge on any atom is 0.330 e. The number of ether oxygens (including phenoxy) is 1. The predicted molar refractivity (Wildman–Crippen MR) is 124 cm³/mol. The van der Waals surface area contributed by atoms with Crippen LogP contribution in [-0.4, -0.2) is 19.0 Å². The number of amides is 1. The first kappa shape index (κ1) is 22.3. The Balaban J connectivity index is 1.93. The lowest BCUT2D eigenvalue weighted by molar-refractivity contribution is -0.134. The van der Waals surface area contributed by atoms with Crippen molar-refractivity contribution < 1.29 is 14.3 Å². The highest BCUT2D eigenvalue weighted by Gasteiger charge is 2.27. The summed E-state index contributed by atoms with van der Waals surface area (Å²) in [4.78, 5) is 27.0. The lowest BCUT2D eigenvalue weighted by atomic mass is 9.88. The third kappa shape index (κ3) is 5.82. The second-order valence-corrected chi connectivity index (χ2v) is 8.70. The van der Waals surface area contributed by atoms with Crippen LogP contribution in [0.2, 0.25) is 0 Å². The minimum Gasteiger partial charge on any atom is -0.466 e. The Labute approximate surface area is 187 Å². The number of esters is 1. The van der Waals surface area contributed by atoms with Gasteiger partial charge in [-0.2, -0.15) is 0 Å². The van der Waals surface area contributed by atoms with Crippen molar-refractivity contribution in [2.75, 3.05) is 12.0 Å². The molecule has 0 N–H and O–H groups in total. The Kier molecular flexibility index (Phi) is 7.86. The molecule has 1 amide bonds. The van der Waals surface area contributed by atoms with Crippen molar-refractivity contribution in [2.45, 2.75) is 45.6 Å². The van der Waals surface area contributed by atoms with Gasteiger partial charge in [-0.15, -0.1) is 0 Å². The maximum atomic E-state index is 13.5. The van der Waals surface area contributed by atoms with Crippen LogP contribution >= 0.6 is 15.9 Å². The van der Waals surface area contributed by atoms with Gasteiger partial charge in [-0.05, 0) is 60.7 Å². The lowest BCUT2D eigenvalue weighted by Gasteiger charge is -2.30. The molecule has 0 spiro atoms. The molecule has 1 saturated carbocycles. The Morgan fingerprint density at radius 2 is 1.80 bits per heavy atom. The van der Waals surface area contributed by atoms with Crippen LogP contribution < -0.4 is 4.90 Å². The number of rotatable bonds is 6. The number of benzene rings is 2. The summed E-state index contributed by atoms with van der Waals surface area (Å²) in [5.74, 6) is -0.128. The normalized spacial score (nSPS) is 15.0. The number of hydrogen-bond donors (Lipinski definition) is 0. The highest BCUT2D eigenvalue weighted by atomic mass is 79.9. The van der Waals surface area contributed by atoms with Gasteiger partial charge >= 0.3 is 5.97 Å². The Morgan fingerprint density at radius 3 is 2.47 bits per heavy atom. The smallest absolute Gasteiger partial charge is 0.330 e. The van der Waals surface area contributed by atoms with Crippen molar-refractivity contribution in [3.8, 4) is 0 Å². The van der Waals surface area contributed by atoms with Gasteiger partial charge in [0, 0.05) is 22.2 Å². The van der Waals surface area contributed by atoms with E-state index in [0.717, 1.165) is 52.5 Å². The molecule has 0 radical (unpaired) electrons. The van der Waals surface area contributed by atoms with Crippen molar-refractivity contribution in [2.24, 2.45) is 5.92 Å². The SMILES string of the molecule is COC(=O)/C=C(\C)c1cccc(N(Cc2ccc(Br)cc2)C(=O)C2CCCCC2)c1. The van der Waals surface area contributed by atoms with E-state index >= 15 is 0 Å². The van der Waals surface area contributed by atoms with E-state index in [0.29, 0.717) is 6.54 Å². The molecule has 1 aliphatic carbocycles. The predicted octanol–water partition coefficient (Wildman–Crippen LogP) is 6.14. The molecule has 4 nitrogen and oxygen atoms in total. The van der Waals surface area contributed by atoms with E-state index in [9.17, 15) is 9.59 Å². The fourth-order valence-electron chi connectivity index (χ4n) is 3.88. The molecule has 1 fully saturated rings. The van der Waals surface area contributed by atoms with Gasteiger partial charge < -0.3 is 9.64 Å². The lowest BCUT2D eigenvalue weighted by Crippen LogP contribution is -2.36. The molecule has 0 heterocycles. The molecule has 30 heavy (non-hydrogen) atoms. The molecule has 1 aliphatic rings. The molecule has 0 aromatic heterocycles. The number of carbonyl (C=O) groups is 2. The highest BCUT2D eigenvalue weighted by Crippen LogP contribution is 2.30. The summed E-state index contributed by atoms with van der Waals surface area (Å²) < 4.78 is 5.76. The van der Waals surface area contributed by atoms with Gasteiger partial charge in [0.1, 0.15) is 0 Å². The summed E-state index contributed by atoms with van der Waals surface area (Å²) in [6, 6.07) is 15.9. The number of hydrogen-bond acceptors (Lipinski definition) is 3. The van der Waals surface area contributed by atoms with Crippen molar-refractivity contribution in [1.82, 2.24) is 0 Å². The second kappa shape index (κ2) is 10.6. The summed E-state index contributed by atoms with van der Waals surface area (Å²) in [5.41, 5.74) is 3.63. The number of halogens is 1. The van der Waals surface area contributed by atoms with Crippen LogP contribution in [0.4, 0.5) is 5.69 Å². The Morgan fingerprint density at radius 1 is 1.10 bits per heavy atom. The number of anilines is 1. The van der Waals surface area contributed by atoms with E-state index in [1.165, 1.54) is 19.6 Å². The standard InChI is InChI=1S/C25H28BrNO3/c1-18(15-24(28)30-2)21-9-6-10-23(16-21)27(17-19-11-13-22(26)14-12-19)25(29)20-7-4-3-5-8-20/h6,9-16,20H,3-5,7-8,17H2,1-2H3/b18-15+. The van der Waals surface area contributed by atoms with Gasteiger partial charge in [0.2, 0.25) is 5.91 Å². The maximum absolute atomic E-state index is 13.5. The van der Waals surface area contributed by atoms with Crippen LogP contribution in [0.15, 0.2) is 59.1 Å². The molecule has 2 aromatic rings. The zero-order valence-corrected chi connectivity index (χ0v) is 19.2. The number of allylic oxidation sites excluding steroid dienone is 1. The molecule has 2 aromatic carbocycles. The molecule has 0 aliphatic heterocycles. The average Bonchev–Trinajstić information content (AvgIpc) is 2.78. The topological polar surface area (TPSA) is 46.6 Å². The quantitative estimate of drug-likeness (QED) is 0.377. The summed E-state index contributed by atoms with van der Waals surface area (Å²) >= 11 is 3.47. The number of carbonyl (C=O) groups excluding carboxylic acids is 2. The second-order valence-electron chi connectivity index (χ2n) is 7.79. The van der Waals surface area contributed by atoms with E-state index in [2.05, 4.69) is 15.9 Å². The van der Waals surface area contributed by atoms with Crippen LogP contribution in [0, 0.1) is 5.92 Å². The van der Waals surface area contributed by atoms with E-state index in [1.54, 1.807) is 0 Å². The van der Waals surface area contributed by atoms with E-state index in [1.807, 2.05) is 60.4 Å². The summed E-state index contributed by atoms with van der Waals surface area (Å²) in [5, 5.41) is 0. The minimum absolute atomic E-state index is 0.0737. The van der Waals surface area contributed by atoms with Crippen molar-refractivity contribution in [3.63, 3.8) is 0 Å². The van der Waals surface area contributed by atoms with Gasteiger partial charge in [0.25, 0.3) is 0 Å². The van der Waals surface area contributed by atoms with E-state index in [4.69, 9.17) is 4.74 Å². The van der Waals surface area contributed by atoms with Crippen LogP contribution in [0.5, 0.6) is 0 Å². The summed E-state index contributed by atoms with van der Waals surface area (Å²) in [7, 11) is 1.37. The monoisotopic (exact) mass is 469 g/mol. The molecule has 0 unspecified atom stereocenters. The molecule has 0 saturated heterocycles. The van der Waals surface area contributed by atoms with Crippen LogP contribution in [0.3, 0.4) is 0 Å². The van der Waals surface area contributed by atoms with E-state index < -0.39 is 0 Å². The summed E-state index contributed by atoms with van der Waals surface area (Å²) in [6.45, 7) is 2.39. The van der Waals surface area contributed by atoms with Gasteiger partial charge in [-0.3, -0.25) is 4.79 Å². The van der Waals surface area contributed by atoms with Crippen molar-refractivity contribution in [1.29, 1.82) is 0 Å². The molecule has 0 atom stereocenters. The third-order valence-corrected chi connectivity index (χ3v) is 6.15. The molecule has 3 rings (SSSR count). The average molecular weight is 470 g/mol. The van der Waals surface area contributed by atoms with Crippen LogP contribution in [-0.2, 0) is 20.9 Å².